The van der Waals surface area contributed by atoms with Crippen molar-refractivity contribution in [2.24, 2.45) is 11.3 Å². The van der Waals surface area contributed by atoms with Gasteiger partial charge in [0.25, 0.3) is 0 Å². The van der Waals surface area contributed by atoms with Gasteiger partial charge < -0.3 is 19.5 Å². The highest BCUT2D eigenvalue weighted by molar-refractivity contribution is 5.95. The van der Waals surface area contributed by atoms with E-state index >= 15 is 0 Å². The van der Waals surface area contributed by atoms with Gasteiger partial charge >= 0.3 is 6.36 Å². The Labute approximate surface area is 138 Å². The Hall–Kier alpha value is -1.80. The zero-order valence-electron chi connectivity index (χ0n) is 13.6. The Morgan fingerprint density at radius 3 is 2.25 bits per heavy atom. The van der Waals surface area contributed by atoms with Crippen LogP contribution in [0.15, 0.2) is 24.3 Å². The molecule has 5 nitrogen and oxygen atoms in total. The predicted molar refractivity (Wildman–Crippen MR) is 80.4 cm³/mol. The van der Waals surface area contributed by atoms with Gasteiger partial charge in [-0.3, -0.25) is 4.79 Å². The number of amides is 1. The van der Waals surface area contributed by atoms with Crippen molar-refractivity contribution in [3.8, 4) is 5.75 Å². The summed E-state index contributed by atoms with van der Waals surface area (Å²) in [7, 11) is 0. The van der Waals surface area contributed by atoms with Crippen molar-refractivity contribution < 1.29 is 32.2 Å². The number of carbonyl (C=O) groups excluding carboxylic acids is 1. The van der Waals surface area contributed by atoms with Crippen LogP contribution in [0.1, 0.15) is 20.8 Å². The summed E-state index contributed by atoms with van der Waals surface area (Å²) in [4.78, 5) is 12.4. The van der Waals surface area contributed by atoms with Crippen LogP contribution < -0.4 is 10.1 Å². The van der Waals surface area contributed by atoms with Crippen molar-refractivity contribution in [2.45, 2.75) is 33.4 Å². The predicted octanol–water partition coefficient (Wildman–Crippen LogP) is 3.56. The fraction of sp³-hybridized carbons (Fsp3) is 0.562. The normalized spacial score (nSPS) is 24.7. The van der Waals surface area contributed by atoms with Crippen molar-refractivity contribution in [1.29, 1.82) is 0 Å². The lowest BCUT2D eigenvalue weighted by Crippen LogP contribution is -2.48. The van der Waals surface area contributed by atoms with Crippen molar-refractivity contribution in [1.82, 2.24) is 0 Å². The van der Waals surface area contributed by atoms with Crippen LogP contribution in [-0.2, 0) is 14.3 Å². The smallest absolute Gasteiger partial charge is 0.406 e. The molecule has 0 unspecified atom stereocenters. The van der Waals surface area contributed by atoms with E-state index in [1.54, 1.807) is 6.92 Å². The Balaban J connectivity index is 1.94. The Morgan fingerprint density at radius 1 is 1.25 bits per heavy atom. The number of hydrogen-bond acceptors (Lipinski definition) is 4. The fourth-order valence-electron chi connectivity index (χ4n) is 2.16. The molecule has 1 N–H and O–H groups in total. The monoisotopic (exact) mass is 347 g/mol. The molecule has 1 aliphatic rings. The summed E-state index contributed by atoms with van der Waals surface area (Å²) >= 11 is 0. The minimum absolute atomic E-state index is 0.179. The lowest BCUT2D eigenvalue weighted by Gasteiger charge is -2.37. The number of ether oxygens (including phenoxy) is 3. The molecule has 24 heavy (non-hydrogen) atoms. The van der Waals surface area contributed by atoms with E-state index in [0.717, 1.165) is 12.1 Å². The zero-order valence-corrected chi connectivity index (χ0v) is 13.6. The van der Waals surface area contributed by atoms with Crippen LogP contribution in [-0.4, -0.2) is 31.8 Å². The molecular weight excluding hydrogens is 327 g/mol. The first-order chi connectivity index (χ1) is 11.1. The van der Waals surface area contributed by atoms with Crippen LogP contribution in [0.4, 0.5) is 18.9 Å². The van der Waals surface area contributed by atoms with E-state index in [1.807, 2.05) is 13.8 Å². The van der Waals surface area contributed by atoms with Gasteiger partial charge in [0.05, 0.1) is 18.6 Å². The molecule has 1 aliphatic heterocycles. The SMILES string of the molecule is CC(C)C1OCC(C)(C(=O)Nc2ccc(OC(F)(F)F)cc2)CO1. The Kier molecular flexibility index (Phi) is 5.39. The first-order valence-electron chi connectivity index (χ1n) is 7.49. The average molecular weight is 347 g/mol. The van der Waals surface area contributed by atoms with Gasteiger partial charge in [0.15, 0.2) is 6.29 Å². The number of hydrogen-bond donors (Lipinski definition) is 1. The molecule has 2 rings (SSSR count). The van der Waals surface area contributed by atoms with Gasteiger partial charge in [0, 0.05) is 11.6 Å². The van der Waals surface area contributed by atoms with Gasteiger partial charge in [-0.2, -0.15) is 0 Å². The molecular formula is C16H20F3NO4. The first kappa shape index (κ1) is 18.5. The second-order valence-corrected chi connectivity index (χ2v) is 6.32. The lowest BCUT2D eigenvalue weighted by molar-refractivity contribution is -0.274. The molecule has 134 valence electrons. The topological polar surface area (TPSA) is 56.8 Å². The molecule has 1 saturated heterocycles. The van der Waals surface area contributed by atoms with E-state index in [9.17, 15) is 18.0 Å². The second kappa shape index (κ2) is 6.98. The molecule has 1 amide bonds. The highest BCUT2D eigenvalue weighted by atomic mass is 19.4. The van der Waals surface area contributed by atoms with E-state index in [0.29, 0.717) is 5.69 Å². The molecule has 8 heteroatoms. The number of anilines is 1. The van der Waals surface area contributed by atoms with Crippen LogP contribution in [0.25, 0.3) is 0 Å². The highest BCUT2D eigenvalue weighted by Crippen LogP contribution is 2.29. The van der Waals surface area contributed by atoms with Crippen molar-refractivity contribution >= 4 is 11.6 Å². The van der Waals surface area contributed by atoms with Crippen molar-refractivity contribution in [2.75, 3.05) is 18.5 Å². The third kappa shape index (κ3) is 4.85. The van der Waals surface area contributed by atoms with E-state index in [1.165, 1.54) is 12.1 Å². The molecule has 0 aliphatic carbocycles. The van der Waals surface area contributed by atoms with Crippen LogP contribution in [0, 0.1) is 11.3 Å². The quantitative estimate of drug-likeness (QED) is 0.905. The second-order valence-electron chi connectivity index (χ2n) is 6.32. The maximum atomic E-state index is 12.4. The molecule has 0 atom stereocenters. The van der Waals surface area contributed by atoms with Crippen LogP contribution >= 0.6 is 0 Å². The van der Waals surface area contributed by atoms with E-state index in [4.69, 9.17) is 9.47 Å². The molecule has 1 fully saturated rings. The molecule has 0 radical (unpaired) electrons. The van der Waals surface area contributed by atoms with Gasteiger partial charge in [-0.25, -0.2) is 0 Å². The average Bonchev–Trinajstić information content (AvgIpc) is 2.48. The summed E-state index contributed by atoms with van der Waals surface area (Å²) in [6, 6.07) is 4.94. The largest absolute Gasteiger partial charge is 0.573 e. The summed E-state index contributed by atoms with van der Waals surface area (Å²) in [5, 5.41) is 2.65. The van der Waals surface area contributed by atoms with E-state index in [2.05, 4.69) is 10.1 Å². The van der Waals surface area contributed by atoms with Gasteiger partial charge in [-0.15, -0.1) is 13.2 Å². The molecule has 1 aromatic carbocycles. The number of halogens is 3. The fourth-order valence-corrected chi connectivity index (χ4v) is 2.16. The summed E-state index contributed by atoms with van der Waals surface area (Å²) in [6.45, 7) is 6.03. The number of carbonyl (C=O) groups is 1. The summed E-state index contributed by atoms with van der Waals surface area (Å²) in [6.07, 6.45) is -5.09. The number of alkyl halides is 3. The van der Waals surface area contributed by atoms with Crippen LogP contribution in [0.5, 0.6) is 5.75 Å². The number of benzene rings is 1. The van der Waals surface area contributed by atoms with Crippen LogP contribution in [0.2, 0.25) is 0 Å². The summed E-state index contributed by atoms with van der Waals surface area (Å²) < 4.78 is 51.2. The van der Waals surface area contributed by atoms with Gasteiger partial charge in [-0.05, 0) is 31.2 Å². The van der Waals surface area contributed by atoms with E-state index < -0.39 is 11.8 Å². The highest BCUT2D eigenvalue weighted by Gasteiger charge is 2.40. The molecule has 0 bridgehead atoms. The standard InChI is InChI=1S/C16H20F3NO4/c1-10(2)13-22-8-15(3,9-23-13)14(21)20-11-4-6-12(7-5-11)24-16(17,18)19/h4-7,10,13H,8-9H2,1-3H3,(H,20,21). The Morgan fingerprint density at radius 2 is 1.79 bits per heavy atom. The molecule has 1 aromatic rings. The molecule has 1 heterocycles. The van der Waals surface area contributed by atoms with Gasteiger partial charge in [0.2, 0.25) is 5.91 Å². The van der Waals surface area contributed by atoms with E-state index in [-0.39, 0.29) is 37.1 Å². The zero-order chi connectivity index (χ0) is 18.0. The third-order valence-electron chi connectivity index (χ3n) is 3.57. The lowest BCUT2D eigenvalue weighted by atomic mass is 9.90. The number of nitrogens with one attached hydrogen (secondary N) is 1. The van der Waals surface area contributed by atoms with Crippen molar-refractivity contribution in [3.63, 3.8) is 0 Å². The van der Waals surface area contributed by atoms with Gasteiger partial charge in [-0.1, -0.05) is 13.8 Å². The van der Waals surface area contributed by atoms with Crippen LogP contribution in [0.3, 0.4) is 0 Å². The molecule has 0 spiro atoms. The molecule has 0 aromatic heterocycles. The minimum Gasteiger partial charge on any atom is -0.406 e. The summed E-state index contributed by atoms with van der Waals surface area (Å²) in [5.41, 5.74) is -0.506. The van der Waals surface area contributed by atoms with Crippen molar-refractivity contribution in [3.05, 3.63) is 24.3 Å². The maximum Gasteiger partial charge on any atom is 0.573 e. The summed E-state index contributed by atoms with van der Waals surface area (Å²) in [5.74, 6) is -0.496. The third-order valence-corrected chi connectivity index (χ3v) is 3.57. The number of rotatable bonds is 4. The minimum atomic E-state index is -4.75. The first-order valence-corrected chi connectivity index (χ1v) is 7.49. The van der Waals surface area contributed by atoms with Gasteiger partial charge in [0.1, 0.15) is 5.75 Å². The Bertz CT molecular complexity index is 564. The molecule has 0 saturated carbocycles. The maximum absolute atomic E-state index is 12.4.